The Morgan fingerprint density at radius 1 is 1.14 bits per heavy atom. The molecule has 0 aliphatic carbocycles. The summed E-state index contributed by atoms with van der Waals surface area (Å²) in [6.07, 6.45) is 2.52. The van der Waals surface area contributed by atoms with E-state index in [1.807, 2.05) is 13.8 Å². The summed E-state index contributed by atoms with van der Waals surface area (Å²) < 4.78 is 5.74. The Hall–Kier alpha value is -2.50. The second kappa shape index (κ2) is 8.67. The predicted octanol–water partition coefficient (Wildman–Crippen LogP) is 5.26. The molecular weight excluding hydrogens is 399 g/mol. The number of amides is 3. The summed E-state index contributed by atoms with van der Waals surface area (Å²) in [5.74, 6) is 0.195. The smallest absolute Gasteiger partial charge is 0.329 e. The minimum atomic E-state index is -0.464. The standard InChI is InChI=1S/C21H20Cl2N2O3/c1-3-13(2)28-19-9-6-15(10-17(19)23)11-18-20(26)25(21(27)24-18)12-14-4-7-16(22)8-5-14/h4-11,13H,3,12H2,1-2H3,(H,24,27)/b18-11-. The van der Waals surface area contributed by atoms with E-state index in [1.54, 1.807) is 48.5 Å². The molecule has 0 saturated carbocycles. The molecule has 1 heterocycles. The highest BCUT2D eigenvalue weighted by molar-refractivity contribution is 6.32. The maximum Gasteiger partial charge on any atom is 0.329 e. The molecule has 2 aromatic rings. The number of urea groups is 1. The quantitative estimate of drug-likeness (QED) is 0.513. The molecule has 0 spiro atoms. The van der Waals surface area contributed by atoms with Crippen molar-refractivity contribution in [1.82, 2.24) is 10.2 Å². The van der Waals surface area contributed by atoms with Crippen LogP contribution in [0.5, 0.6) is 5.75 Å². The maximum absolute atomic E-state index is 12.6. The van der Waals surface area contributed by atoms with Gasteiger partial charge in [0, 0.05) is 5.02 Å². The highest BCUT2D eigenvalue weighted by Crippen LogP contribution is 2.28. The first-order valence-electron chi connectivity index (χ1n) is 8.92. The number of nitrogens with one attached hydrogen (secondary N) is 1. The van der Waals surface area contributed by atoms with Gasteiger partial charge in [-0.05, 0) is 54.8 Å². The SMILES string of the molecule is CCC(C)Oc1ccc(/C=C2\NC(=O)N(Cc3ccc(Cl)cc3)C2=O)cc1Cl. The lowest BCUT2D eigenvalue weighted by Crippen LogP contribution is -2.30. The van der Waals surface area contributed by atoms with Crippen molar-refractivity contribution in [2.75, 3.05) is 0 Å². The van der Waals surface area contributed by atoms with Gasteiger partial charge in [0.1, 0.15) is 11.4 Å². The van der Waals surface area contributed by atoms with Crippen LogP contribution in [0.4, 0.5) is 4.79 Å². The third kappa shape index (κ3) is 4.66. The molecule has 3 amide bonds. The van der Waals surface area contributed by atoms with Crippen LogP contribution in [0, 0.1) is 0 Å². The van der Waals surface area contributed by atoms with Gasteiger partial charge in [0.15, 0.2) is 0 Å². The fourth-order valence-corrected chi connectivity index (χ4v) is 3.02. The van der Waals surface area contributed by atoms with Crippen LogP contribution in [0.2, 0.25) is 10.0 Å². The second-order valence-corrected chi connectivity index (χ2v) is 7.38. The molecule has 1 saturated heterocycles. The molecule has 1 aliphatic rings. The zero-order valence-electron chi connectivity index (χ0n) is 15.5. The molecule has 2 aromatic carbocycles. The van der Waals surface area contributed by atoms with Crippen LogP contribution in [0.25, 0.3) is 6.08 Å². The average molecular weight is 419 g/mol. The number of hydrogen-bond donors (Lipinski definition) is 1. The first-order chi connectivity index (χ1) is 13.4. The van der Waals surface area contributed by atoms with E-state index in [0.29, 0.717) is 21.4 Å². The molecule has 1 fully saturated rings. The van der Waals surface area contributed by atoms with Crippen LogP contribution >= 0.6 is 23.2 Å². The van der Waals surface area contributed by atoms with Gasteiger partial charge in [-0.15, -0.1) is 0 Å². The van der Waals surface area contributed by atoms with E-state index < -0.39 is 11.9 Å². The molecule has 3 rings (SSSR count). The van der Waals surface area contributed by atoms with Gasteiger partial charge in [-0.3, -0.25) is 9.69 Å². The Morgan fingerprint density at radius 2 is 1.86 bits per heavy atom. The van der Waals surface area contributed by atoms with Crippen LogP contribution in [-0.2, 0) is 11.3 Å². The van der Waals surface area contributed by atoms with Gasteiger partial charge in [-0.2, -0.15) is 0 Å². The van der Waals surface area contributed by atoms with Crippen LogP contribution in [-0.4, -0.2) is 22.9 Å². The van der Waals surface area contributed by atoms with Crippen molar-refractivity contribution < 1.29 is 14.3 Å². The number of imide groups is 1. The number of benzene rings is 2. The molecule has 0 radical (unpaired) electrons. The fraction of sp³-hybridized carbons (Fsp3) is 0.238. The topological polar surface area (TPSA) is 58.6 Å². The number of ether oxygens (including phenoxy) is 1. The number of halogens is 2. The molecule has 7 heteroatoms. The Balaban J connectivity index is 1.76. The van der Waals surface area contributed by atoms with E-state index in [0.717, 1.165) is 16.9 Å². The Kier molecular flexibility index (Phi) is 6.27. The molecule has 0 aromatic heterocycles. The highest BCUT2D eigenvalue weighted by Gasteiger charge is 2.33. The van der Waals surface area contributed by atoms with Crippen molar-refractivity contribution >= 4 is 41.2 Å². The van der Waals surface area contributed by atoms with Gasteiger partial charge in [0.05, 0.1) is 17.7 Å². The lowest BCUT2D eigenvalue weighted by molar-refractivity contribution is -0.123. The first-order valence-corrected chi connectivity index (χ1v) is 9.68. The van der Waals surface area contributed by atoms with E-state index in [2.05, 4.69) is 5.32 Å². The summed E-state index contributed by atoms with van der Waals surface area (Å²) in [6.45, 7) is 4.16. The lowest BCUT2D eigenvalue weighted by atomic mass is 10.1. The zero-order valence-corrected chi connectivity index (χ0v) is 17.1. The summed E-state index contributed by atoms with van der Waals surface area (Å²) in [6, 6.07) is 11.8. The van der Waals surface area contributed by atoms with Crippen LogP contribution in [0.3, 0.4) is 0 Å². The number of carbonyl (C=O) groups is 2. The Morgan fingerprint density at radius 3 is 2.50 bits per heavy atom. The minimum absolute atomic E-state index is 0.0545. The average Bonchev–Trinajstić information content (AvgIpc) is 2.93. The van der Waals surface area contributed by atoms with E-state index in [9.17, 15) is 9.59 Å². The molecule has 0 bridgehead atoms. The van der Waals surface area contributed by atoms with Gasteiger partial charge < -0.3 is 10.1 Å². The van der Waals surface area contributed by atoms with Gasteiger partial charge in [-0.1, -0.05) is 48.3 Å². The predicted molar refractivity (Wildman–Crippen MR) is 110 cm³/mol. The summed E-state index contributed by atoms with van der Waals surface area (Å²) >= 11 is 12.2. The van der Waals surface area contributed by atoms with Crippen molar-refractivity contribution in [3.8, 4) is 5.75 Å². The highest BCUT2D eigenvalue weighted by atomic mass is 35.5. The van der Waals surface area contributed by atoms with Gasteiger partial charge >= 0.3 is 6.03 Å². The lowest BCUT2D eigenvalue weighted by Gasteiger charge is -2.14. The third-order valence-corrected chi connectivity index (χ3v) is 4.93. The molecule has 1 aliphatic heterocycles. The van der Waals surface area contributed by atoms with Crippen molar-refractivity contribution in [3.63, 3.8) is 0 Å². The third-order valence-electron chi connectivity index (χ3n) is 4.39. The van der Waals surface area contributed by atoms with E-state index in [4.69, 9.17) is 27.9 Å². The molecule has 1 N–H and O–H groups in total. The molecule has 146 valence electrons. The van der Waals surface area contributed by atoms with Crippen molar-refractivity contribution in [3.05, 3.63) is 69.3 Å². The van der Waals surface area contributed by atoms with Crippen LogP contribution in [0.15, 0.2) is 48.2 Å². The summed E-state index contributed by atoms with van der Waals surface area (Å²) in [5.41, 5.74) is 1.70. The maximum atomic E-state index is 12.6. The van der Waals surface area contributed by atoms with Crippen molar-refractivity contribution in [2.24, 2.45) is 0 Å². The number of carbonyl (C=O) groups excluding carboxylic acids is 2. The van der Waals surface area contributed by atoms with Crippen LogP contribution < -0.4 is 10.1 Å². The van der Waals surface area contributed by atoms with Gasteiger partial charge in [0.25, 0.3) is 5.91 Å². The molecule has 5 nitrogen and oxygen atoms in total. The number of nitrogens with zero attached hydrogens (tertiary/aromatic N) is 1. The molecule has 28 heavy (non-hydrogen) atoms. The van der Waals surface area contributed by atoms with E-state index >= 15 is 0 Å². The molecule has 1 atom stereocenters. The van der Waals surface area contributed by atoms with Crippen molar-refractivity contribution in [2.45, 2.75) is 32.9 Å². The first kappa shape index (κ1) is 20.2. The normalized spacial score (nSPS) is 16.4. The fourth-order valence-electron chi connectivity index (χ4n) is 2.66. The number of hydrogen-bond acceptors (Lipinski definition) is 3. The molecular formula is C21H20Cl2N2O3. The second-order valence-electron chi connectivity index (χ2n) is 6.53. The van der Waals surface area contributed by atoms with E-state index in [-0.39, 0.29) is 18.3 Å². The van der Waals surface area contributed by atoms with Gasteiger partial charge in [-0.25, -0.2) is 4.79 Å². The zero-order chi connectivity index (χ0) is 20.3. The summed E-state index contributed by atoms with van der Waals surface area (Å²) in [4.78, 5) is 26.0. The van der Waals surface area contributed by atoms with E-state index in [1.165, 1.54) is 0 Å². The number of rotatable bonds is 6. The van der Waals surface area contributed by atoms with Gasteiger partial charge in [0.2, 0.25) is 0 Å². The summed E-state index contributed by atoms with van der Waals surface area (Å²) in [5, 5.41) is 3.65. The van der Waals surface area contributed by atoms with Crippen LogP contribution in [0.1, 0.15) is 31.4 Å². The Bertz CT molecular complexity index is 926. The largest absolute Gasteiger partial charge is 0.489 e. The Labute approximate surface area is 173 Å². The summed E-state index contributed by atoms with van der Waals surface area (Å²) in [7, 11) is 0. The minimum Gasteiger partial charge on any atom is -0.489 e. The molecule has 1 unspecified atom stereocenters. The van der Waals surface area contributed by atoms with Crippen molar-refractivity contribution in [1.29, 1.82) is 0 Å². The monoisotopic (exact) mass is 418 g/mol.